The lowest BCUT2D eigenvalue weighted by molar-refractivity contribution is 0.202. The van der Waals surface area contributed by atoms with Gasteiger partial charge in [0.2, 0.25) is 0 Å². The minimum atomic E-state index is -0.610. The number of benzene rings is 1. The topological polar surface area (TPSA) is 62.1 Å². The third-order valence-electron chi connectivity index (χ3n) is 1.72. The molecular formula is C11H12N2O2. The summed E-state index contributed by atoms with van der Waals surface area (Å²) in [5, 5.41) is 10.5. The first kappa shape index (κ1) is 11.1. The number of amides is 1. The van der Waals surface area contributed by atoms with Gasteiger partial charge in [-0.3, -0.25) is 0 Å². The summed E-state index contributed by atoms with van der Waals surface area (Å²) in [6, 6.07) is 7.31. The van der Waals surface area contributed by atoms with Gasteiger partial charge in [0.05, 0.1) is 6.07 Å². The molecule has 0 aliphatic heterocycles. The number of nitriles is 1. The minimum Gasteiger partial charge on any atom is -0.410 e. The van der Waals surface area contributed by atoms with Gasteiger partial charge in [-0.1, -0.05) is 6.07 Å². The first-order valence-electron chi connectivity index (χ1n) is 4.53. The minimum absolute atomic E-state index is 0.0520. The lowest BCUT2D eigenvalue weighted by Crippen LogP contribution is -2.26. The summed E-state index contributed by atoms with van der Waals surface area (Å²) in [6.07, 6.45) is -0.610. The van der Waals surface area contributed by atoms with Gasteiger partial charge >= 0.3 is 6.09 Å². The second kappa shape index (κ2) is 5.01. The molecule has 1 N–H and O–H groups in total. The number of ether oxygens (including phenoxy) is 1. The molecule has 0 unspecified atom stereocenters. The summed E-state index contributed by atoms with van der Waals surface area (Å²) in [5.74, 6) is 0.489. The Morgan fingerprint density at radius 1 is 1.40 bits per heavy atom. The van der Waals surface area contributed by atoms with Gasteiger partial charge in [-0.25, -0.2) is 4.79 Å². The highest BCUT2D eigenvalue weighted by Crippen LogP contribution is 2.16. The molecule has 1 aromatic carbocycles. The van der Waals surface area contributed by atoms with Gasteiger partial charge in [-0.15, -0.1) is 0 Å². The molecule has 0 bridgehead atoms. The van der Waals surface area contributed by atoms with E-state index in [4.69, 9.17) is 10.00 Å². The van der Waals surface area contributed by atoms with Crippen LogP contribution in [-0.4, -0.2) is 12.6 Å². The number of carbonyl (C=O) groups is 1. The molecule has 4 heteroatoms. The Hall–Kier alpha value is -2.02. The molecule has 0 saturated heterocycles. The predicted molar refractivity (Wildman–Crippen MR) is 55.6 cm³/mol. The fourth-order valence-corrected chi connectivity index (χ4v) is 1.25. The molecule has 1 amide bonds. The van der Waals surface area contributed by atoms with Crippen molar-refractivity contribution in [1.29, 1.82) is 5.26 Å². The summed E-state index contributed by atoms with van der Waals surface area (Å²) in [5.41, 5.74) is 2.05. The highest BCUT2D eigenvalue weighted by molar-refractivity contribution is 5.70. The van der Waals surface area contributed by atoms with Crippen molar-refractivity contribution < 1.29 is 9.53 Å². The lowest BCUT2D eigenvalue weighted by Gasteiger charge is -2.05. The van der Waals surface area contributed by atoms with E-state index in [0.29, 0.717) is 5.75 Å². The largest absolute Gasteiger partial charge is 0.413 e. The zero-order valence-corrected chi connectivity index (χ0v) is 8.70. The standard InChI is InChI=1S/C11H12N2O2/c1-8-5-9(2)7-10(6-8)15-11(14)13-4-3-12/h5-7H,4H2,1-2H3,(H,13,14). The molecule has 78 valence electrons. The van der Waals surface area contributed by atoms with Gasteiger partial charge < -0.3 is 10.1 Å². The molecule has 15 heavy (non-hydrogen) atoms. The summed E-state index contributed by atoms with van der Waals surface area (Å²) >= 11 is 0. The van der Waals surface area contributed by atoms with Crippen molar-refractivity contribution >= 4 is 6.09 Å². The Morgan fingerprint density at radius 2 is 2.00 bits per heavy atom. The fraction of sp³-hybridized carbons (Fsp3) is 0.273. The predicted octanol–water partition coefficient (Wildman–Crippen LogP) is 1.92. The molecule has 0 aliphatic rings. The summed E-state index contributed by atoms with van der Waals surface area (Å²) in [7, 11) is 0. The van der Waals surface area contributed by atoms with Crippen LogP contribution in [0.15, 0.2) is 18.2 Å². The Labute approximate surface area is 88.5 Å². The van der Waals surface area contributed by atoms with Crippen molar-refractivity contribution in [3.63, 3.8) is 0 Å². The summed E-state index contributed by atoms with van der Waals surface area (Å²) in [4.78, 5) is 11.1. The van der Waals surface area contributed by atoms with E-state index in [-0.39, 0.29) is 6.54 Å². The maximum absolute atomic E-state index is 11.1. The molecule has 0 fully saturated rings. The van der Waals surface area contributed by atoms with E-state index in [0.717, 1.165) is 11.1 Å². The van der Waals surface area contributed by atoms with Crippen molar-refractivity contribution in [2.75, 3.05) is 6.54 Å². The second-order valence-electron chi connectivity index (χ2n) is 3.22. The Bertz CT molecular complexity index is 387. The average Bonchev–Trinajstić information content (AvgIpc) is 2.13. The van der Waals surface area contributed by atoms with Crippen LogP contribution < -0.4 is 10.1 Å². The van der Waals surface area contributed by atoms with E-state index in [1.807, 2.05) is 19.9 Å². The number of aryl methyl sites for hydroxylation is 2. The zero-order chi connectivity index (χ0) is 11.3. The van der Waals surface area contributed by atoms with Gasteiger partial charge in [0.25, 0.3) is 0 Å². The molecule has 4 nitrogen and oxygen atoms in total. The molecule has 0 spiro atoms. The fourth-order valence-electron chi connectivity index (χ4n) is 1.25. The number of carbonyl (C=O) groups excluding carboxylic acids is 1. The third-order valence-corrected chi connectivity index (χ3v) is 1.72. The van der Waals surface area contributed by atoms with Gasteiger partial charge in [-0.2, -0.15) is 5.26 Å². The van der Waals surface area contributed by atoms with Crippen molar-refractivity contribution in [3.05, 3.63) is 29.3 Å². The van der Waals surface area contributed by atoms with Gasteiger partial charge in [-0.05, 0) is 37.1 Å². The molecule has 0 radical (unpaired) electrons. The summed E-state index contributed by atoms with van der Waals surface area (Å²) in [6.45, 7) is 3.80. The van der Waals surface area contributed by atoms with Gasteiger partial charge in [0, 0.05) is 0 Å². The van der Waals surface area contributed by atoms with Crippen LogP contribution in [0.3, 0.4) is 0 Å². The number of rotatable bonds is 2. The van der Waals surface area contributed by atoms with Crippen molar-refractivity contribution in [1.82, 2.24) is 5.32 Å². The van der Waals surface area contributed by atoms with Crippen LogP contribution in [0.25, 0.3) is 0 Å². The SMILES string of the molecule is Cc1cc(C)cc(OC(=O)NCC#N)c1. The van der Waals surface area contributed by atoms with Crippen LogP contribution in [0.5, 0.6) is 5.75 Å². The number of hydrogen-bond donors (Lipinski definition) is 1. The van der Waals surface area contributed by atoms with Crippen LogP contribution in [0, 0.1) is 25.2 Å². The normalized spacial score (nSPS) is 9.13. The van der Waals surface area contributed by atoms with Crippen LogP contribution in [-0.2, 0) is 0 Å². The van der Waals surface area contributed by atoms with Gasteiger partial charge in [0.15, 0.2) is 0 Å². The van der Waals surface area contributed by atoms with E-state index < -0.39 is 6.09 Å². The third kappa shape index (κ3) is 3.69. The molecule has 0 heterocycles. The zero-order valence-electron chi connectivity index (χ0n) is 8.70. The molecule has 1 aromatic rings. The molecule has 0 aromatic heterocycles. The van der Waals surface area contributed by atoms with E-state index in [1.165, 1.54) is 0 Å². The number of hydrogen-bond acceptors (Lipinski definition) is 3. The van der Waals surface area contributed by atoms with Crippen LogP contribution in [0.2, 0.25) is 0 Å². The first-order valence-corrected chi connectivity index (χ1v) is 4.53. The molecule has 0 atom stereocenters. The molecule has 1 rings (SSSR count). The smallest absolute Gasteiger partial charge is 0.410 e. The van der Waals surface area contributed by atoms with E-state index in [9.17, 15) is 4.79 Å². The highest BCUT2D eigenvalue weighted by Gasteiger charge is 2.03. The van der Waals surface area contributed by atoms with E-state index >= 15 is 0 Å². The van der Waals surface area contributed by atoms with E-state index in [1.54, 1.807) is 18.2 Å². The lowest BCUT2D eigenvalue weighted by atomic mass is 10.1. The monoisotopic (exact) mass is 204 g/mol. The van der Waals surface area contributed by atoms with Crippen molar-refractivity contribution in [2.45, 2.75) is 13.8 Å². The average molecular weight is 204 g/mol. The highest BCUT2D eigenvalue weighted by atomic mass is 16.6. The molecule has 0 aliphatic carbocycles. The maximum Gasteiger partial charge on any atom is 0.413 e. The van der Waals surface area contributed by atoms with Gasteiger partial charge in [0.1, 0.15) is 12.3 Å². The Morgan fingerprint density at radius 3 is 2.53 bits per heavy atom. The number of nitrogens with one attached hydrogen (secondary N) is 1. The first-order chi connectivity index (χ1) is 7.11. The van der Waals surface area contributed by atoms with Crippen LogP contribution >= 0.6 is 0 Å². The van der Waals surface area contributed by atoms with Crippen molar-refractivity contribution in [2.24, 2.45) is 0 Å². The maximum atomic E-state index is 11.1. The van der Waals surface area contributed by atoms with Crippen molar-refractivity contribution in [3.8, 4) is 11.8 Å². The van der Waals surface area contributed by atoms with E-state index in [2.05, 4.69) is 5.32 Å². The number of nitrogens with zero attached hydrogens (tertiary/aromatic N) is 1. The summed E-state index contributed by atoms with van der Waals surface area (Å²) < 4.78 is 4.98. The van der Waals surface area contributed by atoms with Crippen LogP contribution in [0.4, 0.5) is 4.79 Å². The Kier molecular flexibility index (Phi) is 3.69. The van der Waals surface area contributed by atoms with Crippen LogP contribution in [0.1, 0.15) is 11.1 Å². The second-order valence-corrected chi connectivity index (χ2v) is 3.22. The molecule has 0 saturated carbocycles. The molecular weight excluding hydrogens is 192 g/mol. The quantitative estimate of drug-likeness (QED) is 0.748. The Balaban J connectivity index is 2.65.